The minimum absolute atomic E-state index is 0.0151. The summed E-state index contributed by atoms with van der Waals surface area (Å²) in [5, 5.41) is 13.2. The Morgan fingerprint density at radius 3 is 2.65 bits per heavy atom. The molecule has 7 heteroatoms. The second-order valence-electron chi connectivity index (χ2n) is 5.70. The molecule has 0 fully saturated rings. The molecule has 134 valence electrons. The van der Waals surface area contributed by atoms with Crippen LogP contribution in [0.2, 0.25) is 5.02 Å². The van der Waals surface area contributed by atoms with Crippen molar-refractivity contribution in [2.75, 3.05) is 6.61 Å². The van der Waals surface area contributed by atoms with E-state index >= 15 is 0 Å². The highest BCUT2D eigenvalue weighted by Crippen LogP contribution is 2.25. The van der Waals surface area contributed by atoms with Crippen LogP contribution in [0.3, 0.4) is 0 Å². The molecule has 0 aliphatic rings. The summed E-state index contributed by atoms with van der Waals surface area (Å²) in [7, 11) is 1.86. The number of hydrogen-bond donors (Lipinski definition) is 2. The summed E-state index contributed by atoms with van der Waals surface area (Å²) < 4.78 is 7.23. The largest absolute Gasteiger partial charge is 0.504 e. The number of imidazole rings is 1. The summed E-state index contributed by atoms with van der Waals surface area (Å²) in [5.74, 6) is 0.584. The number of hydrogen-bond acceptors (Lipinski definition) is 4. The maximum Gasteiger partial charge on any atom is 0.258 e. The number of aromatic hydroxyl groups is 1. The molecular formula is C19H18ClN3O3. The first-order chi connectivity index (χ1) is 12.5. The van der Waals surface area contributed by atoms with E-state index in [0.717, 1.165) is 5.56 Å². The van der Waals surface area contributed by atoms with Crippen LogP contribution in [0.5, 0.6) is 11.5 Å². The lowest BCUT2D eigenvalue weighted by atomic mass is 10.1. The van der Waals surface area contributed by atoms with Gasteiger partial charge in [0.1, 0.15) is 11.9 Å². The number of carbonyl (C=O) groups is 1. The van der Waals surface area contributed by atoms with Crippen LogP contribution in [0.1, 0.15) is 17.4 Å². The van der Waals surface area contributed by atoms with Crippen molar-refractivity contribution in [2.45, 2.75) is 6.04 Å². The van der Waals surface area contributed by atoms with Crippen LogP contribution in [0.4, 0.5) is 0 Å². The molecule has 2 aromatic carbocycles. The molecule has 0 spiro atoms. The Balaban J connectivity index is 1.75. The van der Waals surface area contributed by atoms with Crippen LogP contribution in [-0.4, -0.2) is 27.2 Å². The van der Waals surface area contributed by atoms with E-state index < -0.39 is 6.04 Å². The molecule has 0 aliphatic heterocycles. The number of ether oxygens (including phenoxy) is 1. The first-order valence-corrected chi connectivity index (χ1v) is 8.35. The molecule has 26 heavy (non-hydrogen) atoms. The molecule has 1 atom stereocenters. The molecule has 1 unspecified atom stereocenters. The number of benzene rings is 2. The number of aromatic nitrogens is 2. The quantitative estimate of drug-likeness (QED) is 0.698. The number of phenolic OH excluding ortho intramolecular Hbond substituents is 1. The topological polar surface area (TPSA) is 76.4 Å². The van der Waals surface area contributed by atoms with Gasteiger partial charge in [0.2, 0.25) is 0 Å². The maximum absolute atomic E-state index is 12.4. The van der Waals surface area contributed by atoms with Gasteiger partial charge in [-0.05, 0) is 29.8 Å². The molecule has 2 N–H and O–H groups in total. The van der Waals surface area contributed by atoms with Gasteiger partial charge in [0.05, 0.1) is 0 Å². The number of nitrogens with zero attached hydrogens (tertiary/aromatic N) is 2. The Labute approximate surface area is 156 Å². The van der Waals surface area contributed by atoms with E-state index in [-0.39, 0.29) is 24.0 Å². The molecule has 0 saturated heterocycles. The summed E-state index contributed by atoms with van der Waals surface area (Å²) in [5.41, 5.74) is 0.847. The highest BCUT2D eigenvalue weighted by Gasteiger charge is 2.21. The van der Waals surface area contributed by atoms with Crippen molar-refractivity contribution in [3.63, 3.8) is 0 Å². The Hall–Kier alpha value is -2.99. The van der Waals surface area contributed by atoms with Gasteiger partial charge in [-0.25, -0.2) is 4.98 Å². The minimum Gasteiger partial charge on any atom is -0.504 e. The van der Waals surface area contributed by atoms with Crippen molar-refractivity contribution in [2.24, 2.45) is 7.05 Å². The highest BCUT2D eigenvalue weighted by molar-refractivity contribution is 6.30. The van der Waals surface area contributed by atoms with E-state index in [9.17, 15) is 9.90 Å². The third kappa shape index (κ3) is 4.15. The summed E-state index contributed by atoms with van der Waals surface area (Å²) in [4.78, 5) is 16.7. The van der Waals surface area contributed by atoms with Crippen LogP contribution in [-0.2, 0) is 11.8 Å². The first-order valence-electron chi connectivity index (χ1n) is 7.97. The van der Waals surface area contributed by atoms with E-state index in [2.05, 4.69) is 10.3 Å². The second kappa shape index (κ2) is 7.93. The van der Waals surface area contributed by atoms with E-state index in [0.29, 0.717) is 10.8 Å². The predicted molar refractivity (Wildman–Crippen MR) is 98.2 cm³/mol. The normalized spacial score (nSPS) is 11.8. The highest BCUT2D eigenvalue weighted by atomic mass is 35.5. The van der Waals surface area contributed by atoms with Gasteiger partial charge in [-0.15, -0.1) is 0 Å². The molecule has 0 bridgehead atoms. The zero-order chi connectivity index (χ0) is 18.5. The SMILES string of the molecule is Cn1ccnc1C(NC(=O)COc1ccccc1O)c1ccc(Cl)cc1. The summed E-state index contributed by atoms with van der Waals surface area (Å²) in [6.07, 6.45) is 3.48. The fraction of sp³-hybridized carbons (Fsp3) is 0.158. The average molecular weight is 372 g/mol. The lowest BCUT2D eigenvalue weighted by molar-refractivity contribution is -0.123. The third-order valence-corrected chi connectivity index (χ3v) is 4.10. The van der Waals surface area contributed by atoms with Crippen LogP contribution in [0, 0.1) is 0 Å². The molecule has 1 amide bonds. The van der Waals surface area contributed by atoms with Crippen LogP contribution in [0.25, 0.3) is 0 Å². The van der Waals surface area contributed by atoms with Crippen LogP contribution in [0.15, 0.2) is 60.9 Å². The maximum atomic E-state index is 12.4. The molecule has 1 heterocycles. The summed E-state index contributed by atoms with van der Waals surface area (Å²) >= 11 is 5.96. The Morgan fingerprint density at radius 1 is 1.27 bits per heavy atom. The molecule has 1 aromatic heterocycles. The average Bonchev–Trinajstić information content (AvgIpc) is 3.05. The van der Waals surface area contributed by atoms with Gasteiger partial charge in [0, 0.05) is 24.5 Å². The molecular weight excluding hydrogens is 354 g/mol. The molecule has 3 aromatic rings. The number of para-hydroxylation sites is 2. The molecule has 0 radical (unpaired) electrons. The monoisotopic (exact) mass is 371 g/mol. The lowest BCUT2D eigenvalue weighted by Gasteiger charge is -2.19. The Morgan fingerprint density at radius 2 is 2.00 bits per heavy atom. The number of amides is 1. The predicted octanol–water partition coefficient (Wildman–Crippen LogP) is 3.06. The number of phenols is 1. The van der Waals surface area contributed by atoms with Gasteiger partial charge < -0.3 is 19.7 Å². The molecule has 0 saturated carbocycles. The van der Waals surface area contributed by atoms with E-state index in [1.807, 2.05) is 29.9 Å². The molecule has 6 nitrogen and oxygen atoms in total. The number of halogens is 1. The van der Waals surface area contributed by atoms with Gasteiger partial charge in [-0.3, -0.25) is 4.79 Å². The van der Waals surface area contributed by atoms with Gasteiger partial charge >= 0.3 is 0 Å². The Bertz CT molecular complexity index is 893. The first kappa shape index (κ1) is 17.8. The zero-order valence-corrected chi connectivity index (χ0v) is 14.8. The van der Waals surface area contributed by atoms with Gasteiger partial charge in [0.15, 0.2) is 18.1 Å². The number of aryl methyl sites for hydroxylation is 1. The number of rotatable bonds is 6. The van der Waals surface area contributed by atoms with E-state index in [1.54, 1.807) is 36.5 Å². The molecule has 3 rings (SSSR count). The fourth-order valence-electron chi connectivity index (χ4n) is 2.53. The standard InChI is InChI=1S/C19H18ClN3O3/c1-23-11-10-21-19(23)18(13-6-8-14(20)9-7-13)22-17(25)12-26-16-5-3-2-4-15(16)24/h2-11,18,24H,12H2,1H3,(H,22,25). The smallest absolute Gasteiger partial charge is 0.258 e. The van der Waals surface area contributed by atoms with Crippen LogP contribution >= 0.6 is 11.6 Å². The zero-order valence-electron chi connectivity index (χ0n) is 14.1. The summed E-state index contributed by atoms with van der Waals surface area (Å²) in [6, 6.07) is 13.2. The van der Waals surface area contributed by atoms with E-state index in [1.165, 1.54) is 6.07 Å². The van der Waals surface area contributed by atoms with Crippen molar-refractivity contribution in [1.82, 2.24) is 14.9 Å². The molecule has 0 aliphatic carbocycles. The number of carbonyl (C=O) groups excluding carboxylic acids is 1. The third-order valence-electron chi connectivity index (χ3n) is 3.85. The van der Waals surface area contributed by atoms with Crippen molar-refractivity contribution in [3.05, 3.63) is 77.3 Å². The fourth-order valence-corrected chi connectivity index (χ4v) is 2.66. The second-order valence-corrected chi connectivity index (χ2v) is 6.14. The minimum atomic E-state index is -0.451. The van der Waals surface area contributed by atoms with Crippen molar-refractivity contribution in [3.8, 4) is 11.5 Å². The van der Waals surface area contributed by atoms with Crippen molar-refractivity contribution in [1.29, 1.82) is 0 Å². The summed E-state index contributed by atoms with van der Waals surface area (Å²) in [6.45, 7) is -0.230. The Kier molecular flexibility index (Phi) is 5.43. The van der Waals surface area contributed by atoms with E-state index in [4.69, 9.17) is 16.3 Å². The van der Waals surface area contributed by atoms with Gasteiger partial charge in [-0.1, -0.05) is 35.9 Å². The van der Waals surface area contributed by atoms with Gasteiger partial charge in [0.25, 0.3) is 5.91 Å². The van der Waals surface area contributed by atoms with Crippen molar-refractivity contribution >= 4 is 17.5 Å². The van der Waals surface area contributed by atoms with Crippen LogP contribution < -0.4 is 10.1 Å². The van der Waals surface area contributed by atoms with Gasteiger partial charge in [-0.2, -0.15) is 0 Å². The lowest BCUT2D eigenvalue weighted by Crippen LogP contribution is -2.34. The number of nitrogens with one attached hydrogen (secondary N) is 1. The van der Waals surface area contributed by atoms with Crippen molar-refractivity contribution < 1.29 is 14.6 Å².